The van der Waals surface area contributed by atoms with Crippen LogP contribution in [0.25, 0.3) is 0 Å². The maximum absolute atomic E-state index is 13.8. The predicted molar refractivity (Wildman–Crippen MR) is 125 cm³/mol. The Morgan fingerprint density at radius 2 is 1.81 bits per heavy atom. The van der Waals surface area contributed by atoms with Crippen molar-refractivity contribution >= 4 is 17.5 Å². The van der Waals surface area contributed by atoms with Crippen LogP contribution in [-0.2, 0) is 4.79 Å². The smallest absolute Gasteiger partial charge is 0.226 e. The first-order valence-corrected chi connectivity index (χ1v) is 11.3. The first-order valence-electron chi connectivity index (χ1n) is 10.9. The highest BCUT2D eigenvalue weighted by Gasteiger charge is 2.33. The van der Waals surface area contributed by atoms with Crippen molar-refractivity contribution in [1.29, 1.82) is 0 Å². The molecule has 32 heavy (non-hydrogen) atoms. The highest BCUT2D eigenvalue weighted by atomic mass is 35.5. The van der Waals surface area contributed by atoms with Gasteiger partial charge < -0.3 is 15.0 Å². The molecule has 1 aliphatic heterocycles. The van der Waals surface area contributed by atoms with Gasteiger partial charge in [-0.2, -0.15) is 0 Å². The number of carbonyl (C=O) groups is 1. The molecule has 1 saturated heterocycles. The Labute approximate surface area is 193 Å². The van der Waals surface area contributed by atoms with Crippen LogP contribution in [0.5, 0.6) is 5.75 Å². The average Bonchev–Trinajstić information content (AvgIpc) is 2.86. The monoisotopic (exact) mass is 450 g/mol. The van der Waals surface area contributed by atoms with Crippen LogP contribution in [0.2, 0.25) is 5.02 Å². The lowest BCUT2D eigenvalue weighted by molar-refractivity contribution is -0.138. The number of nitrogens with zero attached hydrogens (tertiary/aromatic N) is 3. The summed E-state index contributed by atoms with van der Waals surface area (Å²) >= 11 is 6.15. The maximum Gasteiger partial charge on any atom is 0.226 e. The third kappa shape index (κ3) is 5.64. The number of amides is 1. The van der Waals surface area contributed by atoms with E-state index in [9.17, 15) is 4.79 Å². The Morgan fingerprint density at radius 3 is 2.50 bits per heavy atom. The van der Waals surface area contributed by atoms with Crippen LogP contribution < -0.4 is 10.1 Å². The average molecular weight is 451 g/mol. The van der Waals surface area contributed by atoms with E-state index in [1.54, 1.807) is 18.6 Å². The van der Waals surface area contributed by atoms with Gasteiger partial charge in [-0.25, -0.2) is 0 Å². The summed E-state index contributed by atoms with van der Waals surface area (Å²) in [6.07, 6.45) is 6.81. The molecular formula is C25H27ClN4O2. The van der Waals surface area contributed by atoms with Gasteiger partial charge in [0, 0.05) is 29.5 Å². The molecule has 4 rings (SSSR count). The number of ether oxygens (including phenoxy) is 1. The molecule has 1 amide bonds. The highest BCUT2D eigenvalue weighted by Crippen LogP contribution is 2.31. The molecule has 3 aromatic rings. The van der Waals surface area contributed by atoms with Crippen molar-refractivity contribution in [2.45, 2.75) is 18.9 Å². The second kappa shape index (κ2) is 11.1. The van der Waals surface area contributed by atoms with Gasteiger partial charge in [0.1, 0.15) is 12.4 Å². The van der Waals surface area contributed by atoms with E-state index in [0.29, 0.717) is 18.2 Å². The zero-order valence-electron chi connectivity index (χ0n) is 17.9. The van der Waals surface area contributed by atoms with Gasteiger partial charge in [-0.15, -0.1) is 0 Å². The van der Waals surface area contributed by atoms with Crippen LogP contribution in [0, 0.1) is 5.92 Å². The molecule has 1 fully saturated rings. The standard InChI is InChI=1S/C25H27ClN4O2/c26-21-6-4-19(5-7-21)24(23-3-1-2-12-29-23)30(25(31)20-8-13-27-14-9-20)17-18-32-22-10-15-28-16-11-22/h1-7,10-12,15-16,20,24,27H,8-9,13-14,17-18H2/t24-/m0/s1. The van der Waals surface area contributed by atoms with Gasteiger partial charge in [0.05, 0.1) is 18.3 Å². The molecule has 166 valence electrons. The van der Waals surface area contributed by atoms with Gasteiger partial charge in [0.2, 0.25) is 5.91 Å². The molecule has 0 spiro atoms. The summed E-state index contributed by atoms with van der Waals surface area (Å²) in [5.74, 6) is 0.848. The van der Waals surface area contributed by atoms with Gasteiger partial charge in [0.25, 0.3) is 0 Å². The SMILES string of the molecule is O=C(C1CCNCC1)N(CCOc1ccncc1)[C@@H](c1ccc(Cl)cc1)c1ccccn1. The Morgan fingerprint density at radius 1 is 1.06 bits per heavy atom. The van der Waals surface area contributed by atoms with Crippen LogP contribution in [0.4, 0.5) is 0 Å². The summed E-state index contributed by atoms with van der Waals surface area (Å²) in [6, 6.07) is 16.7. The van der Waals surface area contributed by atoms with E-state index in [4.69, 9.17) is 16.3 Å². The largest absolute Gasteiger partial charge is 0.492 e. The number of nitrogens with one attached hydrogen (secondary N) is 1. The quantitative estimate of drug-likeness (QED) is 0.559. The predicted octanol–water partition coefficient (Wildman–Crippen LogP) is 4.13. The normalized spacial score (nSPS) is 15.2. The van der Waals surface area contributed by atoms with Gasteiger partial charge in [-0.3, -0.25) is 14.8 Å². The van der Waals surface area contributed by atoms with Crippen LogP contribution >= 0.6 is 11.6 Å². The molecule has 0 saturated carbocycles. The topological polar surface area (TPSA) is 67.4 Å². The summed E-state index contributed by atoms with van der Waals surface area (Å²) in [6.45, 7) is 2.52. The van der Waals surface area contributed by atoms with E-state index in [0.717, 1.165) is 42.9 Å². The van der Waals surface area contributed by atoms with Crippen molar-refractivity contribution in [1.82, 2.24) is 20.2 Å². The summed E-state index contributed by atoms with van der Waals surface area (Å²) in [5.41, 5.74) is 1.79. The Balaban J connectivity index is 1.64. The minimum atomic E-state index is -0.322. The maximum atomic E-state index is 13.8. The molecule has 2 aromatic heterocycles. The molecule has 0 unspecified atom stereocenters. The number of aromatic nitrogens is 2. The van der Waals surface area contributed by atoms with Crippen molar-refractivity contribution in [2.24, 2.45) is 5.92 Å². The number of carbonyl (C=O) groups excluding carboxylic acids is 1. The fourth-order valence-corrected chi connectivity index (χ4v) is 4.19. The minimum Gasteiger partial charge on any atom is -0.492 e. The lowest BCUT2D eigenvalue weighted by atomic mass is 9.93. The van der Waals surface area contributed by atoms with Crippen molar-refractivity contribution in [2.75, 3.05) is 26.2 Å². The van der Waals surface area contributed by atoms with Crippen molar-refractivity contribution < 1.29 is 9.53 Å². The third-order valence-corrected chi connectivity index (χ3v) is 5.94. The molecule has 7 heteroatoms. The molecule has 3 heterocycles. The summed E-state index contributed by atoms with van der Waals surface area (Å²) in [5, 5.41) is 4.00. The molecule has 1 N–H and O–H groups in total. The molecule has 1 aromatic carbocycles. The van der Waals surface area contributed by atoms with E-state index in [1.165, 1.54) is 0 Å². The van der Waals surface area contributed by atoms with Crippen molar-refractivity contribution in [3.05, 3.63) is 89.5 Å². The first kappa shape index (κ1) is 22.2. The van der Waals surface area contributed by atoms with Gasteiger partial charge in [0.15, 0.2) is 0 Å². The number of hydrogen-bond acceptors (Lipinski definition) is 5. The zero-order chi connectivity index (χ0) is 22.2. The molecule has 6 nitrogen and oxygen atoms in total. The Kier molecular flexibility index (Phi) is 7.69. The number of benzene rings is 1. The molecule has 0 bridgehead atoms. The van der Waals surface area contributed by atoms with E-state index in [2.05, 4.69) is 15.3 Å². The molecule has 1 aliphatic rings. The van der Waals surface area contributed by atoms with E-state index < -0.39 is 0 Å². The molecule has 0 radical (unpaired) electrons. The molecular weight excluding hydrogens is 424 g/mol. The second-order valence-electron chi connectivity index (χ2n) is 7.80. The highest BCUT2D eigenvalue weighted by molar-refractivity contribution is 6.30. The van der Waals surface area contributed by atoms with Crippen LogP contribution in [-0.4, -0.2) is 47.0 Å². The first-order chi connectivity index (χ1) is 15.7. The van der Waals surface area contributed by atoms with E-state index in [1.807, 2.05) is 59.5 Å². The van der Waals surface area contributed by atoms with Gasteiger partial charge in [-0.05, 0) is 67.9 Å². The van der Waals surface area contributed by atoms with Crippen molar-refractivity contribution in [3.8, 4) is 5.75 Å². The van der Waals surface area contributed by atoms with Gasteiger partial charge in [-0.1, -0.05) is 29.8 Å². The Hall–Kier alpha value is -2.96. The second-order valence-corrected chi connectivity index (χ2v) is 8.23. The lowest BCUT2D eigenvalue weighted by Gasteiger charge is -2.35. The van der Waals surface area contributed by atoms with E-state index >= 15 is 0 Å². The van der Waals surface area contributed by atoms with Gasteiger partial charge >= 0.3 is 0 Å². The van der Waals surface area contributed by atoms with Crippen LogP contribution in [0.3, 0.4) is 0 Å². The number of piperidine rings is 1. The summed E-state index contributed by atoms with van der Waals surface area (Å²) in [4.78, 5) is 24.3. The minimum absolute atomic E-state index is 0.0179. The fraction of sp³-hybridized carbons (Fsp3) is 0.320. The van der Waals surface area contributed by atoms with Crippen molar-refractivity contribution in [3.63, 3.8) is 0 Å². The zero-order valence-corrected chi connectivity index (χ0v) is 18.6. The summed E-state index contributed by atoms with van der Waals surface area (Å²) in [7, 11) is 0. The Bertz CT molecular complexity index is 980. The fourth-order valence-electron chi connectivity index (χ4n) is 4.06. The number of pyridine rings is 2. The van der Waals surface area contributed by atoms with Crippen LogP contribution in [0.15, 0.2) is 73.2 Å². The number of halogens is 1. The van der Waals surface area contributed by atoms with E-state index in [-0.39, 0.29) is 17.9 Å². The number of rotatable bonds is 8. The lowest BCUT2D eigenvalue weighted by Crippen LogP contribution is -2.45. The molecule has 1 atom stereocenters. The van der Waals surface area contributed by atoms with Crippen LogP contribution in [0.1, 0.15) is 30.1 Å². The summed E-state index contributed by atoms with van der Waals surface area (Å²) < 4.78 is 5.93. The molecule has 0 aliphatic carbocycles. The third-order valence-electron chi connectivity index (χ3n) is 5.69. The number of hydrogen-bond donors (Lipinski definition) is 1.